The number of hydrogen-bond acceptors (Lipinski definition) is 6. The molecule has 0 radical (unpaired) electrons. The van der Waals surface area contributed by atoms with Gasteiger partial charge in [-0.2, -0.15) is 9.78 Å². The molecule has 1 amide bonds. The molecule has 1 saturated carbocycles. The summed E-state index contributed by atoms with van der Waals surface area (Å²) >= 11 is 0. The highest BCUT2D eigenvalue weighted by molar-refractivity contribution is 5.92. The van der Waals surface area contributed by atoms with E-state index < -0.39 is 0 Å². The quantitative estimate of drug-likeness (QED) is 0.605. The van der Waals surface area contributed by atoms with E-state index in [4.69, 9.17) is 4.74 Å². The van der Waals surface area contributed by atoms with Crippen molar-refractivity contribution >= 4 is 11.8 Å². The number of carbonyl (C=O) groups excluding carboxylic acids is 2. The van der Waals surface area contributed by atoms with Crippen LogP contribution in [-0.2, 0) is 0 Å². The van der Waals surface area contributed by atoms with Gasteiger partial charge in [-0.15, -0.1) is 0 Å². The van der Waals surface area contributed by atoms with Gasteiger partial charge in [0.25, 0.3) is 0 Å². The van der Waals surface area contributed by atoms with E-state index in [0.29, 0.717) is 30.6 Å². The van der Waals surface area contributed by atoms with Crippen LogP contribution >= 0.6 is 0 Å². The Kier molecular flexibility index (Phi) is 4.97. The largest absolute Gasteiger partial charge is 0.490 e. The summed E-state index contributed by atoms with van der Waals surface area (Å²) in [4.78, 5) is 34.3. The molecule has 8 nitrogen and oxygen atoms in total. The van der Waals surface area contributed by atoms with Crippen LogP contribution in [0.25, 0.3) is 11.3 Å². The van der Waals surface area contributed by atoms with Crippen LogP contribution in [0.5, 0.6) is 5.75 Å². The van der Waals surface area contributed by atoms with Crippen LogP contribution in [0.2, 0.25) is 0 Å². The topological polar surface area (TPSA) is 90.2 Å². The van der Waals surface area contributed by atoms with Crippen molar-refractivity contribution in [1.29, 1.82) is 0 Å². The molecule has 1 aliphatic carbocycles. The van der Waals surface area contributed by atoms with E-state index in [-0.39, 0.29) is 17.9 Å². The van der Waals surface area contributed by atoms with Crippen LogP contribution < -0.4 is 4.74 Å². The van der Waals surface area contributed by atoms with Crippen molar-refractivity contribution < 1.29 is 14.3 Å². The van der Waals surface area contributed by atoms with Gasteiger partial charge in [-0.05, 0) is 48.9 Å². The van der Waals surface area contributed by atoms with E-state index >= 15 is 0 Å². The van der Waals surface area contributed by atoms with Crippen LogP contribution in [0.3, 0.4) is 0 Å². The Morgan fingerprint density at radius 1 is 1.10 bits per heavy atom. The number of amides is 1. The number of benzene rings is 1. The predicted molar refractivity (Wildman–Crippen MR) is 113 cm³/mol. The fourth-order valence-electron chi connectivity index (χ4n) is 4.64. The second-order valence-electron chi connectivity index (χ2n) is 8.24. The van der Waals surface area contributed by atoms with Crippen molar-refractivity contribution in [3.05, 3.63) is 60.8 Å². The molecule has 2 aromatic heterocycles. The molecule has 3 aromatic rings. The van der Waals surface area contributed by atoms with Gasteiger partial charge >= 0.3 is 6.03 Å². The minimum atomic E-state index is -0.170. The van der Waals surface area contributed by atoms with E-state index in [1.165, 1.54) is 17.9 Å². The number of rotatable bonds is 4. The molecule has 0 bridgehead atoms. The third-order valence-electron chi connectivity index (χ3n) is 6.14. The monoisotopic (exact) mass is 417 g/mol. The number of nitrogens with zero attached hydrogens (tertiary/aromatic N) is 5. The van der Waals surface area contributed by atoms with Crippen LogP contribution in [0.1, 0.15) is 30.3 Å². The summed E-state index contributed by atoms with van der Waals surface area (Å²) in [5.41, 5.74) is 2.17. The molecule has 3 heterocycles. The molecule has 0 spiro atoms. The zero-order chi connectivity index (χ0) is 21.4. The molecular formula is C23H23N5O3. The lowest BCUT2D eigenvalue weighted by molar-refractivity contribution is 0.101. The molecule has 158 valence electrons. The van der Waals surface area contributed by atoms with E-state index in [0.717, 1.165) is 29.8 Å². The van der Waals surface area contributed by atoms with E-state index in [1.54, 1.807) is 18.5 Å². The van der Waals surface area contributed by atoms with Crippen molar-refractivity contribution in [3.63, 3.8) is 0 Å². The lowest BCUT2D eigenvalue weighted by Gasteiger charge is -2.20. The Morgan fingerprint density at radius 2 is 1.90 bits per heavy atom. The van der Waals surface area contributed by atoms with Crippen molar-refractivity contribution in [2.75, 3.05) is 13.1 Å². The normalized spacial score (nSPS) is 22.4. The summed E-state index contributed by atoms with van der Waals surface area (Å²) in [5, 5.41) is 4.09. The highest BCUT2D eigenvalue weighted by Crippen LogP contribution is 2.40. The maximum Gasteiger partial charge on any atom is 0.344 e. The van der Waals surface area contributed by atoms with Crippen molar-refractivity contribution in [2.24, 2.45) is 11.8 Å². The summed E-state index contributed by atoms with van der Waals surface area (Å²) in [5.74, 6) is 1.53. The number of Topliss-reactive ketones (excluding diaryl/α,β-unsaturated/α-hetero) is 1. The molecule has 0 N–H and O–H groups in total. The van der Waals surface area contributed by atoms with Crippen molar-refractivity contribution in [2.45, 2.75) is 25.9 Å². The Balaban J connectivity index is 1.20. The highest BCUT2D eigenvalue weighted by atomic mass is 16.5. The Labute approximate surface area is 179 Å². The second kappa shape index (κ2) is 7.94. The van der Waals surface area contributed by atoms with Crippen LogP contribution in [0, 0.1) is 11.8 Å². The molecule has 2 aliphatic rings. The lowest BCUT2D eigenvalue weighted by Crippen LogP contribution is -2.34. The average Bonchev–Trinajstić information content (AvgIpc) is 3.49. The van der Waals surface area contributed by atoms with Gasteiger partial charge in [-0.3, -0.25) is 4.79 Å². The van der Waals surface area contributed by atoms with Gasteiger partial charge in [-0.25, -0.2) is 14.8 Å². The predicted octanol–water partition coefficient (Wildman–Crippen LogP) is 3.30. The number of ether oxygens (including phenoxy) is 1. The minimum absolute atomic E-state index is 0.141. The Morgan fingerprint density at radius 3 is 2.58 bits per heavy atom. The first-order valence-electron chi connectivity index (χ1n) is 10.5. The van der Waals surface area contributed by atoms with Gasteiger partial charge in [0.15, 0.2) is 5.78 Å². The zero-order valence-electron chi connectivity index (χ0n) is 17.2. The number of hydrogen-bond donors (Lipinski definition) is 0. The summed E-state index contributed by atoms with van der Waals surface area (Å²) in [7, 11) is 0. The molecule has 1 unspecified atom stereocenters. The third-order valence-corrected chi connectivity index (χ3v) is 6.14. The number of aromatic nitrogens is 4. The van der Waals surface area contributed by atoms with Gasteiger partial charge in [0.2, 0.25) is 0 Å². The summed E-state index contributed by atoms with van der Waals surface area (Å²) in [6.45, 7) is 2.83. The van der Waals surface area contributed by atoms with Gasteiger partial charge in [0.05, 0.1) is 11.8 Å². The SMILES string of the molecule is CC(=O)c1ccn(C(=O)N2C[C@H]3CC(Oc4cccc(-c5ccncn5)c4)C[C@H]3C2)n1. The second-order valence-corrected chi connectivity index (χ2v) is 8.24. The van der Waals surface area contributed by atoms with Gasteiger partial charge < -0.3 is 9.64 Å². The molecule has 31 heavy (non-hydrogen) atoms. The molecule has 8 heteroatoms. The number of ketones is 1. The number of carbonyl (C=O) groups is 2. The fourth-order valence-corrected chi connectivity index (χ4v) is 4.64. The fraction of sp³-hybridized carbons (Fsp3) is 0.348. The lowest BCUT2D eigenvalue weighted by atomic mass is 10.0. The van der Waals surface area contributed by atoms with Crippen molar-refractivity contribution in [1.82, 2.24) is 24.6 Å². The first-order chi connectivity index (χ1) is 15.1. The summed E-state index contributed by atoms with van der Waals surface area (Å²) in [6.07, 6.45) is 6.81. The number of fused-ring (bicyclic) bond motifs is 1. The van der Waals surface area contributed by atoms with E-state index in [1.807, 2.05) is 35.2 Å². The molecule has 5 rings (SSSR count). The first kappa shape index (κ1) is 19.4. The third kappa shape index (κ3) is 3.93. The Hall–Kier alpha value is -3.55. The van der Waals surface area contributed by atoms with E-state index in [2.05, 4.69) is 15.1 Å². The van der Waals surface area contributed by atoms with E-state index in [9.17, 15) is 9.59 Å². The molecule has 3 atom stereocenters. The van der Waals surface area contributed by atoms with Crippen molar-refractivity contribution in [3.8, 4) is 17.0 Å². The maximum atomic E-state index is 12.7. The molecule has 2 fully saturated rings. The van der Waals surface area contributed by atoms with Crippen LogP contribution in [0.4, 0.5) is 4.79 Å². The Bertz CT molecular complexity index is 1100. The average molecular weight is 417 g/mol. The standard InChI is InChI=1S/C23H23N5O3/c1-15(29)21-6-8-28(26-21)23(30)27-12-17-10-20(11-18(17)13-27)31-19-4-2-3-16(9-19)22-5-7-24-14-25-22/h2-9,14,17-18,20H,10-13H2,1H3/t17-,18+,20?. The number of likely N-dealkylation sites (tertiary alicyclic amines) is 1. The van der Waals surface area contributed by atoms with Crippen LogP contribution in [0.15, 0.2) is 55.1 Å². The van der Waals surface area contributed by atoms with Gasteiger partial charge in [0.1, 0.15) is 17.8 Å². The zero-order valence-corrected chi connectivity index (χ0v) is 17.2. The van der Waals surface area contributed by atoms with Gasteiger partial charge in [-0.1, -0.05) is 12.1 Å². The molecule has 1 aromatic carbocycles. The summed E-state index contributed by atoms with van der Waals surface area (Å²) < 4.78 is 7.55. The first-order valence-corrected chi connectivity index (χ1v) is 10.5. The van der Waals surface area contributed by atoms with Gasteiger partial charge in [0, 0.05) is 38.0 Å². The van der Waals surface area contributed by atoms with Crippen LogP contribution in [-0.4, -0.2) is 55.7 Å². The molecule has 1 saturated heterocycles. The molecule has 1 aliphatic heterocycles. The highest BCUT2D eigenvalue weighted by Gasteiger charge is 2.43. The summed E-state index contributed by atoms with van der Waals surface area (Å²) in [6, 6.07) is 11.3. The smallest absolute Gasteiger partial charge is 0.344 e. The maximum absolute atomic E-state index is 12.7. The molecular weight excluding hydrogens is 394 g/mol. The minimum Gasteiger partial charge on any atom is -0.490 e.